The number of carbonyl (C=O) groups excluding carboxylic acids is 1. The number of likely N-dealkylation sites (tertiary alicyclic amines) is 1. The largest absolute Gasteiger partial charge is 0.481 e. The smallest absolute Gasteiger partial charge is 0.263 e. The summed E-state index contributed by atoms with van der Waals surface area (Å²) in [5, 5.41) is 0. The Morgan fingerprint density at radius 3 is 2.76 bits per heavy atom. The van der Waals surface area contributed by atoms with Crippen LogP contribution in [0.2, 0.25) is 0 Å². The summed E-state index contributed by atoms with van der Waals surface area (Å²) in [5.41, 5.74) is 6.67. The first-order valence-electron chi connectivity index (χ1n) is 7.55. The van der Waals surface area contributed by atoms with E-state index in [4.69, 9.17) is 10.5 Å². The first-order chi connectivity index (χ1) is 10.1. The van der Waals surface area contributed by atoms with Crippen LogP contribution in [0.5, 0.6) is 5.75 Å². The number of halogens is 1. The summed E-state index contributed by atoms with van der Waals surface area (Å²) in [6.07, 6.45) is 3.68. The summed E-state index contributed by atoms with van der Waals surface area (Å²) in [5.74, 6) is 0.831. The number of amides is 1. The van der Waals surface area contributed by atoms with Crippen molar-refractivity contribution in [3.8, 4) is 5.75 Å². The van der Waals surface area contributed by atoms with E-state index in [0.717, 1.165) is 48.1 Å². The predicted octanol–water partition coefficient (Wildman–Crippen LogP) is 2.73. The molecule has 5 heteroatoms. The van der Waals surface area contributed by atoms with Crippen LogP contribution in [0.25, 0.3) is 0 Å². The highest BCUT2D eigenvalue weighted by Crippen LogP contribution is 2.25. The van der Waals surface area contributed by atoms with E-state index in [2.05, 4.69) is 15.9 Å². The van der Waals surface area contributed by atoms with Gasteiger partial charge in [0.25, 0.3) is 5.91 Å². The molecule has 1 saturated heterocycles. The molecule has 116 valence electrons. The van der Waals surface area contributed by atoms with Crippen LogP contribution in [-0.2, 0) is 11.2 Å². The first-order valence-corrected chi connectivity index (χ1v) is 8.35. The number of carbonyl (C=O) groups is 1. The Bertz CT molecular complexity index is 487. The van der Waals surface area contributed by atoms with Crippen molar-refractivity contribution in [3.05, 3.63) is 28.2 Å². The third kappa shape index (κ3) is 4.45. The highest BCUT2D eigenvalue weighted by Gasteiger charge is 2.24. The maximum absolute atomic E-state index is 12.4. The van der Waals surface area contributed by atoms with Gasteiger partial charge in [0.05, 0.1) is 0 Å². The van der Waals surface area contributed by atoms with Crippen LogP contribution in [0.1, 0.15) is 31.7 Å². The molecule has 2 N–H and O–H groups in total. The van der Waals surface area contributed by atoms with E-state index in [9.17, 15) is 4.79 Å². The van der Waals surface area contributed by atoms with Crippen molar-refractivity contribution in [3.63, 3.8) is 0 Å². The molecular weight excluding hydrogens is 332 g/mol. The molecule has 0 bridgehead atoms. The van der Waals surface area contributed by atoms with Crippen LogP contribution in [0.3, 0.4) is 0 Å². The average molecular weight is 355 g/mol. The van der Waals surface area contributed by atoms with Crippen LogP contribution in [-0.4, -0.2) is 36.5 Å². The zero-order valence-corrected chi connectivity index (χ0v) is 14.1. The van der Waals surface area contributed by atoms with Crippen LogP contribution in [0, 0.1) is 0 Å². The van der Waals surface area contributed by atoms with Crippen LogP contribution in [0.4, 0.5) is 0 Å². The third-order valence-electron chi connectivity index (χ3n) is 3.76. The minimum atomic E-state index is -0.458. The molecule has 1 heterocycles. The van der Waals surface area contributed by atoms with Gasteiger partial charge in [-0.3, -0.25) is 4.79 Å². The number of hydrogen-bond acceptors (Lipinski definition) is 3. The van der Waals surface area contributed by atoms with Crippen molar-refractivity contribution in [1.29, 1.82) is 0 Å². The molecule has 0 aliphatic carbocycles. The van der Waals surface area contributed by atoms with Gasteiger partial charge in [-0.2, -0.15) is 0 Å². The molecule has 1 fully saturated rings. The summed E-state index contributed by atoms with van der Waals surface area (Å²) in [6, 6.07) is 5.82. The number of nitrogens with zero attached hydrogens (tertiary/aromatic N) is 1. The molecule has 2 rings (SSSR count). The molecule has 1 aromatic rings. The average Bonchev–Trinajstić information content (AvgIpc) is 2.50. The van der Waals surface area contributed by atoms with E-state index < -0.39 is 6.10 Å². The molecule has 0 radical (unpaired) electrons. The minimum absolute atomic E-state index is 0.0799. The molecule has 1 aliphatic heterocycles. The van der Waals surface area contributed by atoms with Gasteiger partial charge in [0.2, 0.25) is 0 Å². The van der Waals surface area contributed by atoms with Crippen molar-refractivity contribution in [2.24, 2.45) is 5.73 Å². The summed E-state index contributed by atoms with van der Waals surface area (Å²) in [4.78, 5) is 14.3. The molecule has 1 aromatic carbocycles. The fourth-order valence-corrected chi connectivity index (χ4v) is 3.03. The highest BCUT2D eigenvalue weighted by molar-refractivity contribution is 9.10. The number of benzene rings is 1. The van der Waals surface area contributed by atoms with E-state index in [1.165, 1.54) is 6.42 Å². The lowest BCUT2D eigenvalue weighted by atomic mass is 10.1. The topological polar surface area (TPSA) is 55.6 Å². The van der Waals surface area contributed by atoms with Gasteiger partial charge in [-0.25, -0.2) is 0 Å². The van der Waals surface area contributed by atoms with Gasteiger partial charge in [-0.15, -0.1) is 0 Å². The lowest BCUT2D eigenvalue weighted by Crippen LogP contribution is -2.43. The van der Waals surface area contributed by atoms with E-state index in [1.807, 2.05) is 30.0 Å². The maximum Gasteiger partial charge on any atom is 0.263 e. The molecule has 0 spiro atoms. The van der Waals surface area contributed by atoms with E-state index >= 15 is 0 Å². The Morgan fingerprint density at radius 1 is 1.38 bits per heavy atom. The van der Waals surface area contributed by atoms with E-state index in [1.54, 1.807) is 0 Å². The molecule has 1 aliphatic rings. The molecule has 21 heavy (non-hydrogen) atoms. The van der Waals surface area contributed by atoms with Crippen LogP contribution >= 0.6 is 15.9 Å². The Morgan fingerprint density at radius 2 is 2.10 bits per heavy atom. The van der Waals surface area contributed by atoms with Crippen molar-refractivity contribution in [2.75, 3.05) is 19.6 Å². The van der Waals surface area contributed by atoms with Crippen LogP contribution in [0.15, 0.2) is 22.7 Å². The van der Waals surface area contributed by atoms with Gasteiger partial charge in [-0.05, 0) is 62.9 Å². The predicted molar refractivity (Wildman–Crippen MR) is 87.4 cm³/mol. The minimum Gasteiger partial charge on any atom is -0.481 e. The van der Waals surface area contributed by atoms with Gasteiger partial charge in [0.15, 0.2) is 6.10 Å². The second-order valence-electron chi connectivity index (χ2n) is 5.44. The number of ether oxygens (including phenoxy) is 1. The Labute approximate surface area is 134 Å². The van der Waals surface area contributed by atoms with Gasteiger partial charge in [0, 0.05) is 17.6 Å². The zero-order valence-electron chi connectivity index (χ0n) is 12.5. The Hall–Kier alpha value is -1.07. The monoisotopic (exact) mass is 354 g/mol. The lowest BCUT2D eigenvalue weighted by molar-refractivity contribution is -0.138. The van der Waals surface area contributed by atoms with Crippen LogP contribution < -0.4 is 10.5 Å². The second kappa shape index (κ2) is 7.80. The molecule has 0 saturated carbocycles. The summed E-state index contributed by atoms with van der Waals surface area (Å²) in [6.45, 7) is 4.08. The van der Waals surface area contributed by atoms with Gasteiger partial charge in [-0.1, -0.05) is 15.9 Å². The molecule has 1 atom stereocenters. The molecular formula is C16H23BrN2O2. The fraction of sp³-hybridized carbons (Fsp3) is 0.562. The molecule has 4 nitrogen and oxygen atoms in total. The van der Waals surface area contributed by atoms with Crippen molar-refractivity contribution in [2.45, 2.75) is 38.7 Å². The van der Waals surface area contributed by atoms with Crippen molar-refractivity contribution < 1.29 is 9.53 Å². The highest BCUT2D eigenvalue weighted by atomic mass is 79.9. The van der Waals surface area contributed by atoms with Gasteiger partial charge >= 0.3 is 0 Å². The molecule has 1 unspecified atom stereocenters. The SMILES string of the molecule is CC(Oc1ccc(Br)cc1CCN)C(=O)N1CCCCC1. The number of nitrogens with two attached hydrogens (primary N) is 1. The zero-order chi connectivity index (χ0) is 15.2. The van der Waals surface area contributed by atoms with Crippen molar-refractivity contribution >= 4 is 21.8 Å². The normalized spacial score (nSPS) is 16.6. The van der Waals surface area contributed by atoms with E-state index in [0.29, 0.717) is 6.54 Å². The maximum atomic E-state index is 12.4. The Balaban J connectivity index is 2.04. The quantitative estimate of drug-likeness (QED) is 0.884. The number of hydrogen-bond donors (Lipinski definition) is 1. The fourth-order valence-electron chi connectivity index (χ4n) is 2.63. The summed E-state index contributed by atoms with van der Waals surface area (Å²) < 4.78 is 6.89. The lowest BCUT2D eigenvalue weighted by Gasteiger charge is -2.29. The summed E-state index contributed by atoms with van der Waals surface area (Å²) in [7, 11) is 0. The first kappa shape index (κ1) is 16.3. The number of rotatable bonds is 5. The summed E-state index contributed by atoms with van der Waals surface area (Å²) >= 11 is 3.45. The Kier molecular flexibility index (Phi) is 6.06. The van der Waals surface area contributed by atoms with E-state index in [-0.39, 0.29) is 5.91 Å². The molecule has 1 amide bonds. The third-order valence-corrected chi connectivity index (χ3v) is 4.25. The second-order valence-corrected chi connectivity index (χ2v) is 6.35. The van der Waals surface area contributed by atoms with Crippen molar-refractivity contribution in [1.82, 2.24) is 4.90 Å². The number of piperidine rings is 1. The molecule has 0 aromatic heterocycles. The standard InChI is InChI=1S/C16H23BrN2O2/c1-12(16(20)19-9-3-2-4-10-19)21-15-6-5-14(17)11-13(15)7-8-18/h5-6,11-12H,2-4,7-10,18H2,1H3. The van der Waals surface area contributed by atoms with Gasteiger partial charge < -0.3 is 15.4 Å². The van der Waals surface area contributed by atoms with Gasteiger partial charge in [0.1, 0.15) is 5.75 Å².